The molecule has 0 N–H and O–H groups in total. The lowest BCUT2D eigenvalue weighted by Crippen LogP contribution is -2.01. The molecule has 3 aromatic heterocycles. The van der Waals surface area contributed by atoms with Gasteiger partial charge in [0, 0.05) is 41.2 Å². The number of benzene rings is 1. The van der Waals surface area contributed by atoms with Gasteiger partial charge in [-0.1, -0.05) is 16.8 Å². The highest BCUT2D eigenvalue weighted by Gasteiger charge is 2.31. The number of halogens is 1. The van der Waals surface area contributed by atoms with E-state index in [1.54, 1.807) is 0 Å². The average molecular weight is 393 g/mol. The van der Waals surface area contributed by atoms with Gasteiger partial charge in [-0.15, -0.1) is 0 Å². The van der Waals surface area contributed by atoms with Gasteiger partial charge in [0.1, 0.15) is 6.33 Å². The SMILES string of the molecule is CCn1cc2c(n1)-c1cc(Cl)ccc1-n1cnc(-c3nc(C4CC4)no3)c1C2. The monoisotopic (exact) mass is 392 g/mol. The number of hydrogen-bond donors (Lipinski definition) is 0. The number of fused-ring (bicyclic) bond motifs is 5. The first-order valence-corrected chi connectivity index (χ1v) is 9.86. The van der Waals surface area contributed by atoms with Crippen molar-refractivity contribution in [3.8, 4) is 28.5 Å². The number of aromatic nitrogens is 6. The molecule has 0 radical (unpaired) electrons. The van der Waals surface area contributed by atoms with E-state index >= 15 is 0 Å². The standard InChI is InChI=1S/C20H17ClN6O/c1-2-26-9-12-7-16-18(20-23-19(25-28-20)11-3-4-11)22-10-27(16)15-6-5-13(21)8-14(15)17(12)24-26/h5-6,8-11H,2-4,7H2,1H3. The van der Waals surface area contributed by atoms with Crippen LogP contribution in [0.15, 0.2) is 35.2 Å². The van der Waals surface area contributed by atoms with E-state index in [4.69, 9.17) is 21.2 Å². The first-order chi connectivity index (χ1) is 13.7. The third-order valence-corrected chi connectivity index (χ3v) is 5.68. The van der Waals surface area contributed by atoms with Crippen molar-refractivity contribution in [3.05, 3.63) is 52.8 Å². The van der Waals surface area contributed by atoms with Crippen molar-refractivity contribution in [1.82, 2.24) is 29.5 Å². The highest BCUT2D eigenvalue weighted by atomic mass is 35.5. The molecular weight excluding hydrogens is 376 g/mol. The van der Waals surface area contributed by atoms with Crippen molar-refractivity contribution in [1.29, 1.82) is 0 Å². The number of hydrogen-bond acceptors (Lipinski definition) is 5. The van der Waals surface area contributed by atoms with Crippen LogP contribution in [0.1, 0.15) is 42.8 Å². The summed E-state index contributed by atoms with van der Waals surface area (Å²) in [6, 6.07) is 5.87. The van der Waals surface area contributed by atoms with E-state index < -0.39 is 0 Å². The number of imidazole rings is 1. The molecule has 0 spiro atoms. The summed E-state index contributed by atoms with van der Waals surface area (Å²) < 4.78 is 9.60. The van der Waals surface area contributed by atoms with Gasteiger partial charge < -0.3 is 9.09 Å². The maximum atomic E-state index is 6.31. The second-order valence-electron chi connectivity index (χ2n) is 7.34. The Hall–Kier alpha value is -2.93. The largest absolute Gasteiger partial charge is 0.332 e. The first kappa shape index (κ1) is 16.1. The van der Waals surface area contributed by atoms with Crippen molar-refractivity contribution in [3.63, 3.8) is 0 Å². The van der Waals surface area contributed by atoms with Gasteiger partial charge in [0.2, 0.25) is 0 Å². The van der Waals surface area contributed by atoms with Gasteiger partial charge in [-0.2, -0.15) is 10.1 Å². The molecule has 1 aliphatic heterocycles. The van der Waals surface area contributed by atoms with Crippen molar-refractivity contribution >= 4 is 11.6 Å². The van der Waals surface area contributed by atoms with E-state index in [0.29, 0.717) is 23.3 Å². The lowest BCUT2D eigenvalue weighted by atomic mass is 10.0. The maximum absolute atomic E-state index is 6.31. The Morgan fingerprint density at radius 1 is 1.25 bits per heavy atom. The van der Waals surface area contributed by atoms with Gasteiger partial charge in [0.25, 0.3) is 5.89 Å². The topological polar surface area (TPSA) is 74.6 Å². The summed E-state index contributed by atoms with van der Waals surface area (Å²) >= 11 is 6.31. The Balaban J connectivity index is 1.57. The Morgan fingerprint density at radius 2 is 2.14 bits per heavy atom. The normalized spacial score (nSPS) is 15.1. The molecule has 6 rings (SSSR count). The highest BCUT2D eigenvalue weighted by molar-refractivity contribution is 6.31. The fraction of sp³-hybridized carbons (Fsp3) is 0.300. The van der Waals surface area contributed by atoms with Gasteiger partial charge >= 0.3 is 0 Å². The molecule has 0 saturated heterocycles. The Labute approximate surface area is 166 Å². The quantitative estimate of drug-likeness (QED) is 0.459. The molecule has 28 heavy (non-hydrogen) atoms. The van der Waals surface area contributed by atoms with Crippen LogP contribution in [0.2, 0.25) is 5.02 Å². The lowest BCUT2D eigenvalue weighted by molar-refractivity contribution is 0.421. The third kappa shape index (κ3) is 2.36. The second kappa shape index (κ2) is 5.78. The zero-order valence-corrected chi connectivity index (χ0v) is 16.0. The summed E-state index contributed by atoms with van der Waals surface area (Å²) in [6.07, 6.45) is 6.86. The maximum Gasteiger partial charge on any atom is 0.278 e. The summed E-state index contributed by atoms with van der Waals surface area (Å²) in [6.45, 7) is 2.89. The van der Waals surface area contributed by atoms with Crippen molar-refractivity contribution < 1.29 is 4.52 Å². The van der Waals surface area contributed by atoms with Gasteiger partial charge in [0.05, 0.1) is 17.1 Å². The number of nitrogens with zero attached hydrogens (tertiary/aromatic N) is 6. The second-order valence-corrected chi connectivity index (χ2v) is 7.78. The van der Waals surface area contributed by atoms with E-state index in [-0.39, 0.29) is 0 Å². The molecular formula is C20H17ClN6O. The lowest BCUT2D eigenvalue weighted by Gasteiger charge is -2.09. The predicted octanol–water partition coefficient (Wildman–Crippen LogP) is 4.24. The van der Waals surface area contributed by atoms with Crippen LogP contribution < -0.4 is 0 Å². The Kier molecular flexibility index (Phi) is 3.32. The minimum absolute atomic E-state index is 0.441. The van der Waals surface area contributed by atoms with Crippen LogP contribution in [0.25, 0.3) is 28.5 Å². The van der Waals surface area contributed by atoms with Crippen LogP contribution in [-0.4, -0.2) is 29.5 Å². The van der Waals surface area contributed by atoms with Crippen LogP contribution in [0, 0.1) is 0 Å². The highest BCUT2D eigenvalue weighted by Crippen LogP contribution is 2.41. The summed E-state index contributed by atoms with van der Waals surface area (Å²) in [5.74, 6) is 1.71. The van der Waals surface area contributed by atoms with Crippen LogP contribution in [0.5, 0.6) is 0 Å². The molecule has 140 valence electrons. The number of rotatable bonds is 3. The zero-order valence-electron chi connectivity index (χ0n) is 15.3. The molecule has 4 aromatic rings. The van der Waals surface area contributed by atoms with Crippen molar-refractivity contribution in [2.24, 2.45) is 0 Å². The number of aryl methyl sites for hydroxylation is 1. The Bertz CT molecular complexity index is 1220. The molecule has 0 unspecified atom stereocenters. The molecule has 0 atom stereocenters. The van der Waals surface area contributed by atoms with Gasteiger partial charge in [-0.25, -0.2) is 4.98 Å². The fourth-order valence-corrected chi connectivity index (χ4v) is 4.01. The van der Waals surface area contributed by atoms with Gasteiger partial charge in [0.15, 0.2) is 11.5 Å². The van der Waals surface area contributed by atoms with Gasteiger partial charge in [-0.3, -0.25) is 4.68 Å². The fourth-order valence-electron chi connectivity index (χ4n) is 3.84. The summed E-state index contributed by atoms with van der Waals surface area (Å²) in [7, 11) is 0. The van der Waals surface area contributed by atoms with E-state index in [1.165, 1.54) is 0 Å². The molecule has 0 amide bonds. The Morgan fingerprint density at radius 3 is 2.96 bits per heavy atom. The van der Waals surface area contributed by atoms with Crippen LogP contribution in [-0.2, 0) is 13.0 Å². The molecule has 7 nitrogen and oxygen atoms in total. The van der Waals surface area contributed by atoms with Crippen LogP contribution in [0.4, 0.5) is 0 Å². The van der Waals surface area contributed by atoms with E-state index in [1.807, 2.05) is 29.2 Å². The van der Waals surface area contributed by atoms with Crippen LogP contribution >= 0.6 is 11.6 Å². The molecule has 2 aliphatic rings. The molecule has 1 saturated carbocycles. The average Bonchev–Trinajstić information content (AvgIpc) is 3.14. The minimum atomic E-state index is 0.441. The van der Waals surface area contributed by atoms with E-state index in [2.05, 4.69) is 32.8 Å². The third-order valence-electron chi connectivity index (χ3n) is 5.45. The molecule has 8 heteroatoms. The van der Waals surface area contributed by atoms with Crippen LogP contribution in [0.3, 0.4) is 0 Å². The predicted molar refractivity (Wildman–Crippen MR) is 104 cm³/mol. The molecule has 0 bridgehead atoms. The van der Waals surface area contributed by atoms with Crippen molar-refractivity contribution in [2.45, 2.75) is 38.6 Å². The summed E-state index contributed by atoms with van der Waals surface area (Å²) in [4.78, 5) is 9.24. The summed E-state index contributed by atoms with van der Waals surface area (Å²) in [5, 5.41) is 9.63. The zero-order chi connectivity index (χ0) is 18.8. The van der Waals surface area contributed by atoms with E-state index in [9.17, 15) is 0 Å². The van der Waals surface area contributed by atoms with Crippen molar-refractivity contribution in [2.75, 3.05) is 0 Å². The molecule has 1 aromatic carbocycles. The summed E-state index contributed by atoms with van der Waals surface area (Å²) in [5.41, 5.74) is 5.84. The molecule has 4 heterocycles. The van der Waals surface area contributed by atoms with E-state index in [0.717, 1.165) is 59.1 Å². The first-order valence-electron chi connectivity index (χ1n) is 9.48. The smallest absolute Gasteiger partial charge is 0.278 e. The molecule has 1 aliphatic carbocycles. The van der Waals surface area contributed by atoms with Gasteiger partial charge in [-0.05, 0) is 38.0 Å². The molecule has 1 fully saturated rings. The minimum Gasteiger partial charge on any atom is -0.332 e.